The van der Waals surface area contributed by atoms with E-state index in [1.165, 1.54) is 0 Å². The Morgan fingerprint density at radius 1 is 1.50 bits per heavy atom. The summed E-state index contributed by atoms with van der Waals surface area (Å²) in [4.78, 5) is 0. The molecule has 0 atom stereocenters. The molecule has 0 rings (SSSR count). The predicted molar refractivity (Wildman–Crippen MR) is 30.1 cm³/mol. The molecule has 0 aliphatic heterocycles. The molecule has 0 saturated carbocycles. The fourth-order valence-corrected chi connectivity index (χ4v) is 0.401. The molecule has 0 amide bonds. The van der Waals surface area contributed by atoms with Gasteiger partial charge in [-0.25, -0.2) is 0 Å². The van der Waals surface area contributed by atoms with Crippen LogP contribution in [-0.4, -0.2) is 18.7 Å². The second kappa shape index (κ2) is 6.05. The second-order valence-electron chi connectivity index (χ2n) is 1.40. The molecule has 0 saturated heterocycles. The Kier molecular flexibility index (Phi) is 8.49. The molecule has 0 aromatic carbocycles. The van der Waals surface area contributed by atoms with Crippen LogP contribution in [0.1, 0.15) is 0 Å². The van der Waals surface area contributed by atoms with Crippen molar-refractivity contribution >= 4 is 18.6 Å². The first-order chi connectivity index (χ1) is 3.95. The van der Waals surface area contributed by atoms with Gasteiger partial charge in [0.25, 0.3) is 0 Å². The summed E-state index contributed by atoms with van der Waals surface area (Å²) in [6, 6.07) is 0. The zero-order valence-corrected chi connectivity index (χ0v) is 9.20. The summed E-state index contributed by atoms with van der Waals surface area (Å²) in [5, 5.41) is 7.43. The minimum atomic E-state index is -5.00. The molecular formula is C3H4BClF3KO. The SMILES string of the molecule is OC/C(Cl)=C/[B-](F)(F)F.[K+]. The van der Waals surface area contributed by atoms with E-state index in [1.807, 2.05) is 0 Å². The van der Waals surface area contributed by atoms with Crippen LogP contribution < -0.4 is 51.4 Å². The summed E-state index contributed by atoms with van der Waals surface area (Å²) in [5.41, 5.74) is 0. The van der Waals surface area contributed by atoms with Gasteiger partial charge < -0.3 is 18.1 Å². The van der Waals surface area contributed by atoms with Crippen molar-refractivity contribution in [1.82, 2.24) is 0 Å². The molecule has 0 bridgehead atoms. The standard InChI is InChI=1S/C3H4BClF3O.K/c5-3(2-9)1-4(6,7)8;/h1,9H,2H2;/q-1;+1/b3-1-;. The third-order valence-electron chi connectivity index (χ3n) is 0.521. The van der Waals surface area contributed by atoms with E-state index in [-0.39, 0.29) is 57.4 Å². The molecule has 54 valence electrons. The van der Waals surface area contributed by atoms with Crippen LogP contribution >= 0.6 is 11.6 Å². The average Bonchev–Trinajstić information content (AvgIpc) is 1.62. The van der Waals surface area contributed by atoms with E-state index in [0.29, 0.717) is 0 Å². The summed E-state index contributed by atoms with van der Waals surface area (Å²) < 4.78 is 33.9. The van der Waals surface area contributed by atoms with E-state index in [1.54, 1.807) is 0 Å². The minimum absolute atomic E-state index is 0. The summed E-state index contributed by atoms with van der Waals surface area (Å²) in [6.07, 6.45) is 0. The van der Waals surface area contributed by atoms with Crippen LogP contribution in [0.2, 0.25) is 0 Å². The molecule has 0 radical (unpaired) electrons. The Morgan fingerprint density at radius 2 is 1.90 bits per heavy atom. The smallest absolute Gasteiger partial charge is 0.445 e. The second-order valence-corrected chi connectivity index (χ2v) is 1.88. The Labute approximate surface area is 104 Å². The van der Waals surface area contributed by atoms with Crippen LogP contribution in [0, 0.1) is 0 Å². The van der Waals surface area contributed by atoms with Gasteiger partial charge in [0, 0.05) is 5.03 Å². The average molecular weight is 198 g/mol. The number of aliphatic hydroxyl groups excluding tert-OH is 1. The van der Waals surface area contributed by atoms with Crippen LogP contribution in [0.15, 0.2) is 11.0 Å². The number of rotatable bonds is 2. The van der Waals surface area contributed by atoms with Gasteiger partial charge in [0.2, 0.25) is 0 Å². The van der Waals surface area contributed by atoms with Gasteiger partial charge in [0.15, 0.2) is 0 Å². The van der Waals surface area contributed by atoms with Crippen LogP contribution in [0.25, 0.3) is 0 Å². The first-order valence-corrected chi connectivity index (χ1v) is 2.51. The molecule has 1 N–H and O–H groups in total. The Bertz CT molecular complexity index is 125. The van der Waals surface area contributed by atoms with E-state index in [0.717, 1.165) is 0 Å². The fourth-order valence-electron chi connectivity index (χ4n) is 0.258. The van der Waals surface area contributed by atoms with Crippen molar-refractivity contribution in [3.05, 3.63) is 11.0 Å². The van der Waals surface area contributed by atoms with Gasteiger partial charge >= 0.3 is 58.4 Å². The van der Waals surface area contributed by atoms with Crippen molar-refractivity contribution in [1.29, 1.82) is 0 Å². The van der Waals surface area contributed by atoms with E-state index in [2.05, 4.69) is 0 Å². The van der Waals surface area contributed by atoms with Gasteiger partial charge in [0.05, 0.1) is 6.61 Å². The van der Waals surface area contributed by atoms with E-state index < -0.39 is 18.6 Å². The topological polar surface area (TPSA) is 20.2 Å². The number of hydrogen-bond acceptors (Lipinski definition) is 1. The summed E-state index contributed by atoms with van der Waals surface area (Å²) in [6.45, 7) is -5.76. The van der Waals surface area contributed by atoms with Gasteiger partial charge in [-0.15, -0.1) is 5.98 Å². The monoisotopic (exact) mass is 198 g/mol. The Morgan fingerprint density at radius 3 is 2.00 bits per heavy atom. The van der Waals surface area contributed by atoms with Crippen LogP contribution in [0.4, 0.5) is 12.9 Å². The zero-order chi connectivity index (χ0) is 7.49. The van der Waals surface area contributed by atoms with Gasteiger partial charge in [-0.2, -0.15) is 0 Å². The van der Waals surface area contributed by atoms with Crippen LogP contribution in [0.3, 0.4) is 0 Å². The number of hydrogen-bond donors (Lipinski definition) is 1. The Hall–Kier alpha value is 1.48. The Balaban J connectivity index is 0. The van der Waals surface area contributed by atoms with Crippen LogP contribution in [0.5, 0.6) is 0 Å². The van der Waals surface area contributed by atoms with Crippen molar-refractivity contribution in [2.24, 2.45) is 0 Å². The molecule has 0 aliphatic carbocycles. The molecular weight excluding hydrogens is 194 g/mol. The van der Waals surface area contributed by atoms with Gasteiger partial charge in [0.1, 0.15) is 0 Å². The van der Waals surface area contributed by atoms with Gasteiger partial charge in [-0.3, -0.25) is 0 Å². The fraction of sp³-hybridized carbons (Fsp3) is 0.333. The van der Waals surface area contributed by atoms with E-state index >= 15 is 0 Å². The minimum Gasteiger partial charge on any atom is -0.445 e. The number of halogens is 4. The molecule has 0 heterocycles. The summed E-state index contributed by atoms with van der Waals surface area (Å²) in [5.74, 6) is -0.0957. The normalized spacial score (nSPS) is 12.7. The molecule has 10 heavy (non-hydrogen) atoms. The van der Waals surface area contributed by atoms with Crippen molar-refractivity contribution < 1.29 is 69.4 Å². The summed E-state index contributed by atoms with van der Waals surface area (Å²) >= 11 is 4.86. The third-order valence-corrected chi connectivity index (χ3v) is 0.766. The molecule has 0 aromatic rings. The quantitative estimate of drug-likeness (QED) is 0.535. The van der Waals surface area contributed by atoms with Crippen molar-refractivity contribution in [2.45, 2.75) is 0 Å². The predicted octanol–water partition coefficient (Wildman–Crippen LogP) is -1.51. The third kappa shape index (κ3) is 9.48. The van der Waals surface area contributed by atoms with Crippen molar-refractivity contribution in [2.75, 3.05) is 6.61 Å². The molecule has 1 nitrogen and oxygen atoms in total. The van der Waals surface area contributed by atoms with Crippen molar-refractivity contribution in [3.8, 4) is 0 Å². The maximum absolute atomic E-state index is 11.3. The maximum atomic E-state index is 11.3. The van der Waals surface area contributed by atoms with Crippen molar-refractivity contribution in [3.63, 3.8) is 0 Å². The van der Waals surface area contributed by atoms with E-state index in [4.69, 9.17) is 16.7 Å². The molecule has 0 aromatic heterocycles. The van der Waals surface area contributed by atoms with E-state index in [9.17, 15) is 12.9 Å². The molecule has 0 fully saturated rings. The molecule has 7 heteroatoms. The summed E-state index contributed by atoms with van der Waals surface area (Å²) in [7, 11) is 0. The number of aliphatic hydroxyl groups is 1. The molecule has 0 unspecified atom stereocenters. The van der Waals surface area contributed by atoms with Crippen LogP contribution in [-0.2, 0) is 0 Å². The first-order valence-electron chi connectivity index (χ1n) is 2.14. The largest absolute Gasteiger partial charge is 1.00 e. The van der Waals surface area contributed by atoms with Gasteiger partial charge in [-0.05, 0) is 0 Å². The maximum Gasteiger partial charge on any atom is 1.00 e. The zero-order valence-electron chi connectivity index (χ0n) is 5.32. The van der Waals surface area contributed by atoms with Gasteiger partial charge in [-0.1, -0.05) is 11.6 Å². The molecule has 0 aliphatic rings. The molecule has 0 spiro atoms. The first kappa shape index (κ1) is 14.0.